The first-order valence-electron chi connectivity index (χ1n) is 9.00. The van der Waals surface area contributed by atoms with E-state index >= 15 is 0 Å². The molecule has 0 fully saturated rings. The van der Waals surface area contributed by atoms with Crippen LogP contribution in [-0.4, -0.2) is 53.7 Å². The third kappa shape index (κ3) is 6.64. The standard InChI is InChI=1S/C20H25N3O5/c1-3-15-7-4-5-10-19(15)21-20(25)13-22(2)12-17(24)14-28-18-9-6-8-16(11-18)23(26)27/h4-11,17,24H,3,12-14H2,1-2H3,(H,21,25). The van der Waals surface area contributed by atoms with Crippen molar-refractivity contribution in [3.63, 3.8) is 0 Å². The number of aliphatic hydroxyl groups excluding tert-OH is 1. The molecule has 2 N–H and O–H groups in total. The van der Waals surface area contributed by atoms with Gasteiger partial charge in [-0.05, 0) is 31.2 Å². The van der Waals surface area contributed by atoms with Crippen molar-refractivity contribution in [3.05, 3.63) is 64.2 Å². The molecule has 0 saturated carbocycles. The average Bonchev–Trinajstić information content (AvgIpc) is 2.66. The van der Waals surface area contributed by atoms with Crippen molar-refractivity contribution >= 4 is 17.3 Å². The molecule has 0 heterocycles. The third-order valence-corrected chi connectivity index (χ3v) is 4.08. The summed E-state index contributed by atoms with van der Waals surface area (Å²) in [5.41, 5.74) is 1.77. The molecule has 2 rings (SSSR count). The number of hydrogen-bond acceptors (Lipinski definition) is 6. The topological polar surface area (TPSA) is 105 Å². The fourth-order valence-corrected chi connectivity index (χ4v) is 2.74. The van der Waals surface area contributed by atoms with Crippen molar-refractivity contribution in [2.24, 2.45) is 0 Å². The molecule has 8 heteroatoms. The molecule has 2 aromatic carbocycles. The normalized spacial score (nSPS) is 11.9. The molecule has 1 amide bonds. The van der Waals surface area contributed by atoms with Crippen molar-refractivity contribution in [1.82, 2.24) is 4.90 Å². The summed E-state index contributed by atoms with van der Waals surface area (Å²) < 4.78 is 5.41. The van der Waals surface area contributed by atoms with Crippen molar-refractivity contribution < 1.29 is 19.6 Å². The van der Waals surface area contributed by atoms with Gasteiger partial charge in [-0.3, -0.25) is 19.8 Å². The molecule has 0 bridgehead atoms. The lowest BCUT2D eigenvalue weighted by Gasteiger charge is -2.20. The second-order valence-electron chi connectivity index (χ2n) is 6.47. The lowest BCUT2D eigenvalue weighted by Crippen LogP contribution is -2.37. The predicted octanol–water partition coefficient (Wildman–Crippen LogP) is 2.47. The van der Waals surface area contributed by atoms with Crippen LogP contribution in [0.3, 0.4) is 0 Å². The second-order valence-corrected chi connectivity index (χ2v) is 6.47. The number of nitrogens with one attached hydrogen (secondary N) is 1. The molecule has 0 aromatic heterocycles. The summed E-state index contributed by atoms with van der Waals surface area (Å²) in [6.07, 6.45) is -0.0278. The van der Waals surface area contributed by atoms with Gasteiger partial charge in [0, 0.05) is 18.3 Å². The zero-order chi connectivity index (χ0) is 20.5. The number of amides is 1. The lowest BCUT2D eigenvalue weighted by atomic mass is 10.1. The summed E-state index contributed by atoms with van der Waals surface area (Å²) in [7, 11) is 1.72. The van der Waals surface area contributed by atoms with Crippen LogP contribution < -0.4 is 10.1 Å². The number of nitro groups is 1. The van der Waals surface area contributed by atoms with Gasteiger partial charge < -0.3 is 15.2 Å². The molecule has 8 nitrogen and oxygen atoms in total. The maximum Gasteiger partial charge on any atom is 0.273 e. The number of benzene rings is 2. The molecule has 1 atom stereocenters. The number of hydrogen-bond donors (Lipinski definition) is 2. The number of non-ortho nitro benzene ring substituents is 1. The van der Waals surface area contributed by atoms with Crippen LogP contribution >= 0.6 is 0 Å². The number of aliphatic hydroxyl groups is 1. The molecular formula is C20H25N3O5. The van der Waals surface area contributed by atoms with Crippen LogP contribution in [0.25, 0.3) is 0 Å². The number of aryl methyl sites for hydroxylation is 1. The van der Waals surface area contributed by atoms with Crippen LogP contribution in [0.5, 0.6) is 5.75 Å². The van der Waals surface area contributed by atoms with Gasteiger partial charge in [-0.2, -0.15) is 0 Å². The molecule has 0 saturated heterocycles. The Kier molecular flexibility index (Phi) is 7.91. The highest BCUT2D eigenvalue weighted by atomic mass is 16.6. The minimum atomic E-state index is -0.847. The molecule has 28 heavy (non-hydrogen) atoms. The molecule has 0 aliphatic heterocycles. The van der Waals surface area contributed by atoms with E-state index in [4.69, 9.17) is 4.74 Å². The summed E-state index contributed by atoms with van der Waals surface area (Å²) >= 11 is 0. The third-order valence-electron chi connectivity index (χ3n) is 4.08. The summed E-state index contributed by atoms with van der Waals surface area (Å²) in [6.45, 7) is 2.32. The Morgan fingerprint density at radius 3 is 2.75 bits per heavy atom. The Morgan fingerprint density at radius 2 is 2.04 bits per heavy atom. The molecule has 150 valence electrons. The van der Waals surface area contributed by atoms with E-state index in [1.165, 1.54) is 18.2 Å². The number of carbonyl (C=O) groups excluding carboxylic acids is 1. The molecule has 0 radical (unpaired) electrons. The van der Waals surface area contributed by atoms with E-state index in [1.54, 1.807) is 18.0 Å². The van der Waals surface area contributed by atoms with E-state index < -0.39 is 11.0 Å². The predicted molar refractivity (Wildman–Crippen MR) is 107 cm³/mol. The Balaban J connectivity index is 1.78. The van der Waals surface area contributed by atoms with Crippen LogP contribution in [0.2, 0.25) is 0 Å². The van der Waals surface area contributed by atoms with Gasteiger partial charge in [-0.15, -0.1) is 0 Å². The highest BCUT2D eigenvalue weighted by molar-refractivity contribution is 5.92. The van der Waals surface area contributed by atoms with Gasteiger partial charge in [0.1, 0.15) is 18.5 Å². The largest absolute Gasteiger partial charge is 0.491 e. The number of ether oxygens (including phenoxy) is 1. The quantitative estimate of drug-likeness (QED) is 0.479. The van der Waals surface area contributed by atoms with Crippen LogP contribution in [0.1, 0.15) is 12.5 Å². The van der Waals surface area contributed by atoms with E-state index in [9.17, 15) is 20.0 Å². The van der Waals surface area contributed by atoms with E-state index in [0.717, 1.165) is 17.7 Å². The van der Waals surface area contributed by atoms with Gasteiger partial charge in [-0.1, -0.05) is 31.2 Å². The lowest BCUT2D eigenvalue weighted by molar-refractivity contribution is -0.384. The first kappa shape index (κ1) is 21.3. The fourth-order valence-electron chi connectivity index (χ4n) is 2.74. The summed E-state index contributed by atoms with van der Waals surface area (Å²) in [4.78, 5) is 24.2. The number of nitrogens with zero attached hydrogens (tertiary/aromatic N) is 2. The number of rotatable bonds is 10. The Labute approximate surface area is 163 Å². The van der Waals surface area contributed by atoms with E-state index in [1.807, 2.05) is 31.2 Å². The van der Waals surface area contributed by atoms with Crippen molar-refractivity contribution in [2.75, 3.05) is 32.1 Å². The second kappa shape index (κ2) is 10.4. The minimum Gasteiger partial charge on any atom is -0.491 e. The van der Waals surface area contributed by atoms with E-state index in [-0.39, 0.29) is 31.3 Å². The van der Waals surface area contributed by atoms with Gasteiger partial charge in [0.25, 0.3) is 5.69 Å². The maximum atomic E-state index is 12.2. The summed E-state index contributed by atoms with van der Waals surface area (Å²) in [6, 6.07) is 13.4. The fraction of sp³-hybridized carbons (Fsp3) is 0.350. The van der Waals surface area contributed by atoms with Gasteiger partial charge in [0.05, 0.1) is 17.5 Å². The summed E-state index contributed by atoms with van der Waals surface area (Å²) in [5.74, 6) is 0.139. The number of anilines is 1. The molecule has 0 aliphatic rings. The van der Waals surface area contributed by atoms with Crippen LogP contribution in [0, 0.1) is 10.1 Å². The molecular weight excluding hydrogens is 362 g/mol. The van der Waals surface area contributed by atoms with Crippen LogP contribution in [0.4, 0.5) is 11.4 Å². The van der Waals surface area contributed by atoms with Gasteiger partial charge in [0.15, 0.2) is 0 Å². The molecule has 0 aliphatic carbocycles. The zero-order valence-electron chi connectivity index (χ0n) is 16.0. The van der Waals surface area contributed by atoms with Crippen molar-refractivity contribution in [2.45, 2.75) is 19.4 Å². The molecule has 0 spiro atoms. The van der Waals surface area contributed by atoms with E-state index in [0.29, 0.717) is 5.75 Å². The van der Waals surface area contributed by atoms with E-state index in [2.05, 4.69) is 5.32 Å². The van der Waals surface area contributed by atoms with Gasteiger partial charge in [-0.25, -0.2) is 0 Å². The maximum absolute atomic E-state index is 12.2. The number of carbonyl (C=O) groups is 1. The van der Waals surface area contributed by atoms with Crippen molar-refractivity contribution in [1.29, 1.82) is 0 Å². The van der Waals surface area contributed by atoms with Crippen LogP contribution in [-0.2, 0) is 11.2 Å². The van der Waals surface area contributed by atoms with Crippen LogP contribution in [0.15, 0.2) is 48.5 Å². The van der Waals surface area contributed by atoms with Crippen molar-refractivity contribution in [3.8, 4) is 5.75 Å². The number of para-hydroxylation sites is 1. The highest BCUT2D eigenvalue weighted by Gasteiger charge is 2.14. The Bertz CT molecular complexity index is 812. The number of nitro benzene ring substituents is 1. The summed E-state index contributed by atoms with van der Waals surface area (Å²) in [5, 5.41) is 23.8. The first-order chi connectivity index (χ1) is 13.4. The minimum absolute atomic E-state index is 0.0359. The zero-order valence-corrected chi connectivity index (χ0v) is 16.0. The smallest absolute Gasteiger partial charge is 0.273 e. The average molecular weight is 387 g/mol. The van der Waals surface area contributed by atoms with Gasteiger partial charge in [0.2, 0.25) is 5.91 Å². The first-order valence-corrected chi connectivity index (χ1v) is 9.00. The monoisotopic (exact) mass is 387 g/mol. The Hall–Kier alpha value is -2.97. The molecule has 2 aromatic rings. The van der Waals surface area contributed by atoms with Gasteiger partial charge >= 0.3 is 0 Å². The number of likely N-dealkylation sites (N-methyl/N-ethyl adjacent to an activating group) is 1. The highest BCUT2D eigenvalue weighted by Crippen LogP contribution is 2.19. The Morgan fingerprint density at radius 1 is 1.29 bits per heavy atom. The molecule has 1 unspecified atom stereocenters. The SMILES string of the molecule is CCc1ccccc1NC(=O)CN(C)CC(O)COc1cccc([N+](=O)[O-])c1.